The van der Waals surface area contributed by atoms with E-state index in [9.17, 15) is 4.79 Å². The van der Waals surface area contributed by atoms with Crippen LogP contribution in [0.15, 0.2) is 48.0 Å². The summed E-state index contributed by atoms with van der Waals surface area (Å²) in [5.74, 6) is -0.110. The third kappa shape index (κ3) is 3.39. The highest BCUT2D eigenvalue weighted by Crippen LogP contribution is 2.30. The van der Waals surface area contributed by atoms with Crippen LogP contribution in [0.1, 0.15) is 16.1 Å². The molecule has 4 aromatic rings. The zero-order valence-corrected chi connectivity index (χ0v) is 16.2. The number of nitrogens with zero attached hydrogens (tertiary/aromatic N) is 3. The monoisotopic (exact) mass is 397 g/mol. The van der Waals surface area contributed by atoms with E-state index in [1.165, 1.54) is 11.3 Å². The number of carbonyl (C=O) groups excluding carboxylic acids is 1. The van der Waals surface area contributed by atoms with Gasteiger partial charge in [0, 0.05) is 41.0 Å². The molecule has 0 saturated carbocycles. The zero-order valence-electron chi connectivity index (χ0n) is 14.7. The topological polar surface area (TPSA) is 71.3 Å². The van der Waals surface area contributed by atoms with Crippen molar-refractivity contribution in [2.75, 3.05) is 12.4 Å². The number of fused-ring (bicyclic) bond motifs is 1. The number of carbonyl (C=O) groups is 1. The highest BCUT2D eigenvalue weighted by atomic mass is 35.5. The van der Waals surface area contributed by atoms with Gasteiger partial charge in [0.25, 0.3) is 5.91 Å². The van der Waals surface area contributed by atoms with E-state index in [-0.39, 0.29) is 5.91 Å². The predicted octanol–water partition coefficient (Wildman–Crippen LogP) is 4.52. The fourth-order valence-electron chi connectivity index (χ4n) is 2.86. The molecule has 2 N–H and O–H groups in total. The van der Waals surface area contributed by atoms with Crippen molar-refractivity contribution in [3.8, 4) is 11.4 Å². The number of aryl methyl sites for hydroxylation is 1. The third-order valence-corrected chi connectivity index (χ3v) is 5.13. The molecule has 136 valence electrons. The van der Waals surface area contributed by atoms with Crippen molar-refractivity contribution < 1.29 is 4.79 Å². The van der Waals surface area contributed by atoms with Crippen LogP contribution in [0.3, 0.4) is 0 Å². The molecule has 0 aliphatic rings. The molecule has 1 amide bonds. The summed E-state index contributed by atoms with van der Waals surface area (Å²) in [6.45, 7) is 1.96. The summed E-state index contributed by atoms with van der Waals surface area (Å²) in [7, 11) is 1.61. The molecule has 8 heteroatoms. The lowest BCUT2D eigenvalue weighted by molar-refractivity contribution is 0.0963. The number of hydrogen-bond acceptors (Lipinski definition) is 5. The molecule has 0 bridgehead atoms. The molecule has 4 rings (SSSR count). The maximum absolute atomic E-state index is 11.6. The van der Waals surface area contributed by atoms with Gasteiger partial charge in [-0.2, -0.15) is 0 Å². The number of rotatable bonds is 4. The summed E-state index contributed by atoms with van der Waals surface area (Å²) in [4.78, 5) is 20.9. The van der Waals surface area contributed by atoms with Crippen molar-refractivity contribution in [2.24, 2.45) is 0 Å². The Hall–Kier alpha value is -2.90. The number of benzene rings is 1. The fraction of sp³-hybridized carbons (Fsp3) is 0.105. The van der Waals surface area contributed by atoms with E-state index in [1.807, 2.05) is 47.2 Å². The number of aromatic nitrogens is 3. The zero-order chi connectivity index (χ0) is 19.0. The largest absolute Gasteiger partial charge is 0.355 e. The first-order chi connectivity index (χ1) is 13.0. The SMILES string of the molecule is CNC(=O)c1ccc(Nc2nc(-c3c(C)nc4cc(Cl)ccn34)cs2)cc1. The molecular weight excluding hydrogens is 382 g/mol. The average molecular weight is 398 g/mol. The number of amides is 1. The Morgan fingerprint density at radius 1 is 1.19 bits per heavy atom. The smallest absolute Gasteiger partial charge is 0.251 e. The molecule has 27 heavy (non-hydrogen) atoms. The van der Waals surface area contributed by atoms with E-state index in [2.05, 4.69) is 20.6 Å². The van der Waals surface area contributed by atoms with E-state index < -0.39 is 0 Å². The van der Waals surface area contributed by atoms with Gasteiger partial charge in [-0.3, -0.25) is 9.20 Å². The summed E-state index contributed by atoms with van der Waals surface area (Å²) in [5.41, 5.74) is 4.96. The van der Waals surface area contributed by atoms with Crippen LogP contribution in [-0.4, -0.2) is 27.3 Å². The van der Waals surface area contributed by atoms with Crippen LogP contribution < -0.4 is 10.6 Å². The fourth-order valence-corrected chi connectivity index (χ4v) is 3.73. The van der Waals surface area contributed by atoms with E-state index in [1.54, 1.807) is 19.2 Å². The minimum absolute atomic E-state index is 0.110. The normalized spacial score (nSPS) is 10.9. The lowest BCUT2D eigenvalue weighted by Crippen LogP contribution is -2.17. The van der Waals surface area contributed by atoms with Gasteiger partial charge in [-0.1, -0.05) is 11.6 Å². The second-order valence-corrected chi connectivity index (χ2v) is 7.23. The van der Waals surface area contributed by atoms with Crippen molar-refractivity contribution in [1.82, 2.24) is 19.7 Å². The van der Waals surface area contributed by atoms with E-state index >= 15 is 0 Å². The quantitative estimate of drug-likeness (QED) is 0.531. The van der Waals surface area contributed by atoms with Gasteiger partial charge in [-0.15, -0.1) is 11.3 Å². The van der Waals surface area contributed by atoms with Crippen LogP contribution in [0.4, 0.5) is 10.8 Å². The summed E-state index contributed by atoms with van der Waals surface area (Å²) in [6.07, 6.45) is 1.90. The molecular formula is C19H16ClN5OS. The molecule has 6 nitrogen and oxygen atoms in total. The summed E-state index contributed by atoms with van der Waals surface area (Å²) >= 11 is 7.57. The summed E-state index contributed by atoms with van der Waals surface area (Å²) in [5, 5.41) is 9.29. The van der Waals surface area contributed by atoms with Crippen LogP contribution in [0.5, 0.6) is 0 Å². The number of thiazole rings is 1. The molecule has 3 heterocycles. The van der Waals surface area contributed by atoms with Gasteiger partial charge in [0.05, 0.1) is 11.4 Å². The van der Waals surface area contributed by atoms with E-state index in [0.29, 0.717) is 10.6 Å². The molecule has 0 aliphatic carbocycles. The Bertz CT molecular complexity index is 1130. The van der Waals surface area contributed by atoms with Gasteiger partial charge >= 0.3 is 0 Å². The highest BCUT2D eigenvalue weighted by Gasteiger charge is 2.14. The van der Waals surface area contributed by atoms with Crippen LogP contribution in [0.25, 0.3) is 17.0 Å². The van der Waals surface area contributed by atoms with Crippen molar-refractivity contribution in [1.29, 1.82) is 0 Å². The lowest BCUT2D eigenvalue weighted by Gasteiger charge is -2.04. The van der Waals surface area contributed by atoms with Crippen molar-refractivity contribution in [2.45, 2.75) is 6.92 Å². The number of nitrogens with one attached hydrogen (secondary N) is 2. The van der Waals surface area contributed by atoms with Gasteiger partial charge < -0.3 is 10.6 Å². The molecule has 0 fully saturated rings. The second-order valence-electron chi connectivity index (χ2n) is 5.94. The number of imidazole rings is 1. The molecule has 0 aliphatic heterocycles. The number of hydrogen-bond donors (Lipinski definition) is 2. The number of halogens is 1. The molecule has 0 spiro atoms. The highest BCUT2D eigenvalue weighted by molar-refractivity contribution is 7.14. The maximum Gasteiger partial charge on any atom is 0.251 e. The predicted molar refractivity (Wildman–Crippen MR) is 109 cm³/mol. The number of pyridine rings is 1. The summed E-state index contributed by atoms with van der Waals surface area (Å²) < 4.78 is 1.98. The molecule has 0 unspecified atom stereocenters. The minimum Gasteiger partial charge on any atom is -0.355 e. The van der Waals surface area contributed by atoms with Crippen molar-refractivity contribution >= 4 is 45.3 Å². The van der Waals surface area contributed by atoms with Gasteiger partial charge in [0.2, 0.25) is 0 Å². The minimum atomic E-state index is -0.110. The van der Waals surface area contributed by atoms with E-state index in [4.69, 9.17) is 11.6 Å². The van der Waals surface area contributed by atoms with Crippen molar-refractivity contribution in [3.05, 3.63) is 64.3 Å². The maximum atomic E-state index is 11.6. The van der Waals surface area contributed by atoms with Crippen LogP contribution in [-0.2, 0) is 0 Å². The third-order valence-electron chi connectivity index (χ3n) is 4.13. The Balaban J connectivity index is 1.61. The molecule has 3 aromatic heterocycles. The van der Waals surface area contributed by atoms with E-state index in [0.717, 1.165) is 33.5 Å². The standard InChI is InChI=1S/C19H16ClN5OS/c1-11-17(25-8-7-13(20)9-16(25)22-11)15-10-27-19(24-15)23-14-5-3-12(4-6-14)18(26)21-2/h3-10H,1-2H3,(H,21,26)(H,23,24). The second kappa shape index (κ2) is 7.02. The van der Waals surface area contributed by atoms with Gasteiger partial charge in [0.15, 0.2) is 5.13 Å². The first-order valence-corrected chi connectivity index (χ1v) is 9.50. The van der Waals surface area contributed by atoms with Crippen LogP contribution >= 0.6 is 22.9 Å². The van der Waals surface area contributed by atoms with Gasteiger partial charge in [-0.05, 0) is 37.3 Å². The Morgan fingerprint density at radius 3 is 2.70 bits per heavy atom. The Morgan fingerprint density at radius 2 is 1.96 bits per heavy atom. The molecule has 1 aromatic carbocycles. The lowest BCUT2D eigenvalue weighted by atomic mass is 10.2. The van der Waals surface area contributed by atoms with Gasteiger partial charge in [-0.25, -0.2) is 9.97 Å². The first kappa shape index (κ1) is 17.5. The molecule has 0 atom stereocenters. The Labute approximate surface area is 164 Å². The summed E-state index contributed by atoms with van der Waals surface area (Å²) in [6, 6.07) is 10.9. The first-order valence-electron chi connectivity index (χ1n) is 8.24. The Kier molecular flexibility index (Phi) is 4.55. The molecule has 0 radical (unpaired) electrons. The average Bonchev–Trinajstić information content (AvgIpc) is 3.24. The van der Waals surface area contributed by atoms with Crippen LogP contribution in [0.2, 0.25) is 5.02 Å². The molecule has 0 saturated heterocycles. The van der Waals surface area contributed by atoms with Crippen LogP contribution in [0, 0.1) is 6.92 Å². The van der Waals surface area contributed by atoms with Crippen molar-refractivity contribution in [3.63, 3.8) is 0 Å². The number of anilines is 2. The van der Waals surface area contributed by atoms with Gasteiger partial charge in [0.1, 0.15) is 11.3 Å².